The van der Waals surface area contributed by atoms with Crippen LogP contribution in [0, 0.1) is 0 Å². The van der Waals surface area contributed by atoms with Gasteiger partial charge in [-0.2, -0.15) is 0 Å². The smallest absolute Gasteiger partial charge is 0.191 e. The van der Waals surface area contributed by atoms with Crippen molar-refractivity contribution in [1.29, 1.82) is 0 Å². The van der Waals surface area contributed by atoms with Gasteiger partial charge in [-0.1, -0.05) is 0 Å². The first-order valence-electron chi connectivity index (χ1n) is 10.4. The maximum absolute atomic E-state index is 5.72. The fourth-order valence-corrected chi connectivity index (χ4v) is 5.00. The number of thiophene rings is 1. The summed E-state index contributed by atoms with van der Waals surface area (Å²) in [4.78, 5) is 9.46. The Morgan fingerprint density at radius 1 is 1.21 bits per heavy atom. The van der Waals surface area contributed by atoms with Crippen LogP contribution < -0.4 is 15.5 Å². The molecule has 1 atom stereocenters. The predicted molar refractivity (Wildman–Crippen MR) is 116 cm³/mol. The molecule has 152 valence electrons. The van der Waals surface area contributed by atoms with E-state index in [0.717, 1.165) is 57.3 Å². The lowest BCUT2D eigenvalue weighted by Crippen LogP contribution is -2.50. The molecule has 2 aromatic heterocycles. The van der Waals surface area contributed by atoms with E-state index >= 15 is 0 Å². The Morgan fingerprint density at radius 2 is 2.04 bits per heavy atom. The third-order valence-corrected chi connectivity index (χ3v) is 6.72. The number of hydrogen-bond donors (Lipinski definition) is 2. The molecule has 2 N–H and O–H groups in total. The van der Waals surface area contributed by atoms with Crippen molar-refractivity contribution in [1.82, 2.24) is 15.5 Å². The highest BCUT2D eigenvalue weighted by atomic mass is 32.1. The Morgan fingerprint density at radius 3 is 2.68 bits per heavy atom. The van der Waals surface area contributed by atoms with Crippen molar-refractivity contribution in [2.75, 3.05) is 44.7 Å². The highest BCUT2D eigenvalue weighted by Crippen LogP contribution is 2.26. The number of guanidine groups is 1. The van der Waals surface area contributed by atoms with Crippen LogP contribution in [-0.4, -0.2) is 56.7 Å². The molecule has 28 heavy (non-hydrogen) atoms. The molecule has 1 unspecified atom stereocenters. The number of furan rings is 1. The quantitative estimate of drug-likeness (QED) is 0.575. The minimum absolute atomic E-state index is 0.261. The number of piperidine rings is 1. The van der Waals surface area contributed by atoms with Crippen LogP contribution in [0.1, 0.15) is 37.5 Å². The number of nitrogens with zero attached hydrogens (tertiary/aromatic N) is 3. The summed E-state index contributed by atoms with van der Waals surface area (Å²) in [5.41, 5.74) is 0. The molecule has 7 heteroatoms. The maximum Gasteiger partial charge on any atom is 0.191 e. The average Bonchev–Trinajstić information content (AvgIpc) is 3.51. The fourth-order valence-electron chi connectivity index (χ4n) is 4.22. The van der Waals surface area contributed by atoms with E-state index in [1.165, 1.54) is 17.8 Å². The highest BCUT2D eigenvalue weighted by Gasteiger charge is 2.26. The molecule has 0 spiro atoms. The average molecular weight is 402 g/mol. The van der Waals surface area contributed by atoms with E-state index in [9.17, 15) is 0 Å². The number of hydrogen-bond acceptors (Lipinski definition) is 5. The normalized spacial score (nSPS) is 20.5. The first-order chi connectivity index (χ1) is 13.8. The monoisotopic (exact) mass is 401 g/mol. The Balaban J connectivity index is 1.28. The van der Waals surface area contributed by atoms with Crippen molar-refractivity contribution in [3.05, 3.63) is 41.7 Å². The molecule has 0 aliphatic carbocycles. The Labute approximate surface area is 171 Å². The molecule has 0 amide bonds. The van der Waals surface area contributed by atoms with E-state index in [-0.39, 0.29) is 6.04 Å². The van der Waals surface area contributed by atoms with Gasteiger partial charge in [0, 0.05) is 32.7 Å². The van der Waals surface area contributed by atoms with Gasteiger partial charge in [-0.25, -0.2) is 0 Å². The fraction of sp³-hybridized carbons (Fsp3) is 0.571. The summed E-state index contributed by atoms with van der Waals surface area (Å²) < 4.78 is 5.72. The molecule has 0 bridgehead atoms. The SMILES string of the molecule is CN=C(NCC(c1ccco1)N1CCCC1)NC1CCN(c2cccs2)CC1. The zero-order chi connectivity index (χ0) is 19.2. The zero-order valence-electron chi connectivity index (χ0n) is 16.6. The molecule has 2 aliphatic heterocycles. The van der Waals surface area contributed by atoms with Gasteiger partial charge in [0.2, 0.25) is 0 Å². The first-order valence-corrected chi connectivity index (χ1v) is 11.2. The van der Waals surface area contributed by atoms with Crippen LogP contribution in [0.4, 0.5) is 5.00 Å². The second-order valence-corrected chi connectivity index (χ2v) is 8.51. The van der Waals surface area contributed by atoms with Gasteiger partial charge in [-0.15, -0.1) is 11.3 Å². The van der Waals surface area contributed by atoms with Crippen LogP contribution in [0.15, 0.2) is 45.3 Å². The lowest BCUT2D eigenvalue weighted by Gasteiger charge is -2.34. The van der Waals surface area contributed by atoms with E-state index < -0.39 is 0 Å². The number of aliphatic imine (C=N–C) groups is 1. The first kappa shape index (κ1) is 19.3. The molecule has 0 radical (unpaired) electrons. The Kier molecular flexibility index (Phi) is 6.54. The summed E-state index contributed by atoms with van der Waals surface area (Å²) in [6.45, 7) is 5.28. The van der Waals surface area contributed by atoms with Gasteiger partial charge in [0.25, 0.3) is 0 Å². The summed E-state index contributed by atoms with van der Waals surface area (Å²) in [7, 11) is 1.86. The summed E-state index contributed by atoms with van der Waals surface area (Å²) in [6.07, 6.45) is 6.57. The molecule has 2 saturated heterocycles. The summed E-state index contributed by atoms with van der Waals surface area (Å²) in [5.74, 6) is 1.93. The molecule has 2 fully saturated rings. The maximum atomic E-state index is 5.72. The van der Waals surface area contributed by atoms with Crippen molar-refractivity contribution in [2.45, 2.75) is 37.8 Å². The minimum Gasteiger partial charge on any atom is -0.468 e. The summed E-state index contributed by atoms with van der Waals surface area (Å²) in [6, 6.07) is 9.14. The molecule has 2 aromatic rings. The van der Waals surface area contributed by atoms with Gasteiger partial charge >= 0.3 is 0 Å². The van der Waals surface area contributed by atoms with E-state index in [1.54, 1.807) is 6.26 Å². The van der Waals surface area contributed by atoms with Crippen LogP contribution in [0.2, 0.25) is 0 Å². The number of anilines is 1. The van der Waals surface area contributed by atoms with Crippen molar-refractivity contribution < 1.29 is 4.42 Å². The molecular formula is C21H31N5OS. The molecular weight excluding hydrogens is 370 g/mol. The highest BCUT2D eigenvalue weighted by molar-refractivity contribution is 7.14. The van der Waals surface area contributed by atoms with Crippen molar-refractivity contribution in [3.8, 4) is 0 Å². The Bertz CT molecular complexity index is 716. The van der Waals surface area contributed by atoms with Gasteiger partial charge in [0.1, 0.15) is 5.76 Å². The third-order valence-electron chi connectivity index (χ3n) is 5.79. The third kappa shape index (κ3) is 4.70. The summed E-state index contributed by atoms with van der Waals surface area (Å²) >= 11 is 1.83. The van der Waals surface area contributed by atoms with E-state index in [2.05, 4.69) is 49.0 Å². The second-order valence-electron chi connectivity index (χ2n) is 7.58. The Hall–Kier alpha value is -1.99. The number of rotatable bonds is 6. The number of likely N-dealkylation sites (tertiary alicyclic amines) is 1. The lowest BCUT2D eigenvalue weighted by molar-refractivity contribution is 0.215. The minimum atomic E-state index is 0.261. The molecule has 0 aromatic carbocycles. The molecule has 6 nitrogen and oxygen atoms in total. The van der Waals surface area contributed by atoms with E-state index in [0.29, 0.717) is 6.04 Å². The standard InChI is InChI=1S/C21H31N5OS/c1-22-21(24-17-8-12-26(13-9-17)20-7-5-15-28-20)23-16-18(19-6-4-14-27-19)25-10-2-3-11-25/h4-7,14-15,17-18H,2-3,8-13,16H2,1H3,(H2,22,23,24). The molecule has 2 aliphatic rings. The van der Waals surface area contributed by atoms with Crippen LogP contribution >= 0.6 is 11.3 Å². The van der Waals surface area contributed by atoms with Crippen LogP contribution in [0.5, 0.6) is 0 Å². The molecule has 4 heterocycles. The van der Waals surface area contributed by atoms with Crippen molar-refractivity contribution in [3.63, 3.8) is 0 Å². The molecule has 4 rings (SSSR count). The molecule has 0 saturated carbocycles. The van der Waals surface area contributed by atoms with Gasteiger partial charge in [-0.05, 0) is 68.4 Å². The second kappa shape index (κ2) is 9.47. The largest absolute Gasteiger partial charge is 0.468 e. The van der Waals surface area contributed by atoms with Gasteiger partial charge < -0.3 is 20.0 Å². The van der Waals surface area contributed by atoms with Crippen molar-refractivity contribution in [2.24, 2.45) is 4.99 Å². The summed E-state index contributed by atoms with van der Waals surface area (Å²) in [5, 5.41) is 10.7. The lowest BCUT2D eigenvalue weighted by atomic mass is 10.1. The van der Waals surface area contributed by atoms with Gasteiger partial charge in [-0.3, -0.25) is 9.89 Å². The zero-order valence-corrected chi connectivity index (χ0v) is 17.5. The topological polar surface area (TPSA) is 56.0 Å². The number of nitrogens with one attached hydrogen (secondary N) is 2. The van der Waals surface area contributed by atoms with Gasteiger partial charge in [0.15, 0.2) is 5.96 Å². The van der Waals surface area contributed by atoms with Crippen LogP contribution in [0.3, 0.4) is 0 Å². The van der Waals surface area contributed by atoms with Crippen LogP contribution in [0.25, 0.3) is 0 Å². The predicted octanol–water partition coefficient (Wildman–Crippen LogP) is 3.31. The van der Waals surface area contributed by atoms with Gasteiger partial charge in [0.05, 0.1) is 17.3 Å². The van der Waals surface area contributed by atoms with E-state index in [4.69, 9.17) is 4.42 Å². The van der Waals surface area contributed by atoms with Crippen LogP contribution in [-0.2, 0) is 0 Å². The van der Waals surface area contributed by atoms with E-state index in [1.807, 2.05) is 24.5 Å². The van der Waals surface area contributed by atoms with Crippen molar-refractivity contribution >= 4 is 22.3 Å².